The molecule has 0 aliphatic carbocycles. The van der Waals surface area contributed by atoms with Crippen LogP contribution in [-0.4, -0.2) is 19.6 Å². The minimum absolute atomic E-state index is 0.0858. The Hall–Kier alpha value is -1.72. The van der Waals surface area contributed by atoms with Crippen LogP contribution in [0.1, 0.15) is 5.56 Å². The number of benzene rings is 2. The van der Waals surface area contributed by atoms with E-state index in [9.17, 15) is 4.79 Å². The highest BCUT2D eigenvalue weighted by atomic mass is 79.9. The molecule has 4 nitrogen and oxygen atoms in total. The normalized spacial score (nSPS) is 10.1. The Morgan fingerprint density at radius 1 is 1.23 bits per heavy atom. The first kappa shape index (κ1) is 16.6. The molecule has 0 atom stereocenters. The molecule has 2 aromatic rings. The standard InChI is InChI=1S/C16H15BrClNO3/c1-21-13-5-2-11(3-6-13)9-19-16(20)10-22-15-7-4-12(17)8-14(15)18/h2-8H,9-10H2,1H3,(H,19,20). The molecule has 22 heavy (non-hydrogen) atoms. The molecule has 6 heteroatoms. The lowest BCUT2D eigenvalue weighted by Gasteiger charge is -2.09. The summed E-state index contributed by atoms with van der Waals surface area (Å²) < 4.78 is 11.3. The van der Waals surface area contributed by atoms with Gasteiger partial charge in [0.15, 0.2) is 6.61 Å². The van der Waals surface area contributed by atoms with E-state index in [1.165, 1.54) is 0 Å². The van der Waals surface area contributed by atoms with Crippen LogP contribution in [0.15, 0.2) is 46.9 Å². The summed E-state index contributed by atoms with van der Waals surface area (Å²) in [5, 5.41) is 3.24. The summed E-state index contributed by atoms with van der Waals surface area (Å²) >= 11 is 9.32. The third-order valence-corrected chi connectivity index (χ3v) is 3.69. The maximum atomic E-state index is 11.8. The van der Waals surface area contributed by atoms with Crippen molar-refractivity contribution in [2.45, 2.75) is 6.54 Å². The van der Waals surface area contributed by atoms with E-state index in [1.54, 1.807) is 25.3 Å². The Bertz CT molecular complexity index is 646. The van der Waals surface area contributed by atoms with Gasteiger partial charge in [0.2, 0.25) is 0 Å². The summed E-state index contributed by atoms with van der Waals surface area (Å²) in [5.41, 5.74) is 0.982. The minimum atomic E-state index is -0.213. The number of methoxy groups -OCH3 is 1. The first-order chi connectivity index (χ1) is 10.6. The van der Waals surface area contributed by atoms with E-state index in [-0.39, 0.29) is 12.5 Å². The van der Waals surface area contributed by atoms with Crippen LogP contribution in [0.3, 0.4) is 0 Å². The van der Waals surface area contributed by atoms with Crippen molar-refractivity contribution in [1.82, 2.24) is 5.32 Å². The van der Waals surface area contributed by atoms with Crippen LogP contribution in [0.4, 0.5) is 0 Å². The highest BCUT2D eigenvalue weighted by Crippen LogP contribution is 2.27. The molecule has 0 spiro atoms. The van der Waals surface area contributed by atoms with E-state index in [1.807, 2.05) is 24.3 Å². The van der Waals surface area contributed by atoms with E-state index in [2.05, 4.69) is 21.2 Å². The van der Waals surface area contributed by atoms with Gasteiger partial charge in [-0.15, -0.1) is 0 Å². The maximum Gasteiger partial charge on any atom is 0.258 e. The van der Waals surface area contributed by atoms with Crippen LogP contribution in [-0.2, 0) is 11.3 Å². The monoisotopic (exact) mass is 383 g/mol. The Kier molecular flexibility index (Phi) is 6.10. The first-order valence-corrected chi connectivity index (χ1v) is 7.73. The summed E-state index contributed by atoms with van der Waals surface area (Å²) in [6.45, 7) is 0.345. The minimum Gasteiger partial charge on any atom is -0.497 e. The topological polar surface area (TPSA) is 47.6 Å². The van der Waals surface area contributed by atoms with E-state index in [0.29, 0.717) is 17.3 Å². The molecule has 0 fully saturated rings. The van der Waals surface area contributed by atoms with Crippen molar-refractivity contribution in [3.63, 3.8) is 0 Å². The molecule has 1 N–H and O–H groups in total. The van der Waals surface area contributed by atoms with Gasteiger partial charge in [-0.3, -0.25) is 4.79 Å². The molecule has 0 radical (unpaired) electrons. The molecule has 0 aliphatic heterocycles. The predicted molar refractivity (Wildman–Crippen MR) is 89.5 cm³/mol. The lowest BCUT2D eigenvalue weighted by atomic mass is 10.2. The Labute approximate surface area is 142 Å². The van der Waals surface area contributed by atoms with Crippen molar-refractivity contribution in [2.75, 3.05) is 13.7 Å². The zero-order chi connectivity index (χ0) is 15.9. The van der Waals surface area contributed by atoms with Gasteiger partial charge in [0.05, 0.1) is 12.1 Å². The predicted octanol–water partition coefficient (Wildman–Crippen LogP) is 3.81. The summed E-state index contributed by atoms with van der Waals surface area (Å²) in [5.74, 6) is 1.04. The van der Waals surface area contributed by atoms with Crippen LogP contribution in [0.25, 0.3) is 0 Å². The molecule has 2 rings (SSSR count). The van der Waals surface area contributed by atoms with Gasteiger partial charge in [-0.1, -0.05) is 39.7 Å². The smallest absolute Gasteiger partial charge is 0.258 e. The van der Waals surface area contributed by atoms with Gasteiger partial charge in [0, 0.05) is 11.0 Å². The summed E-state index contributed by atoms with van der Waals surface area (Å²) in [7, 11) is 1.61. The molecular weight excluding hydrogens is 370 g/mol. The second-order valence-corrected chi connectivity index (χ2v) is 5.81. The van der Waals surface area contributed by atoms with Gasteiger partial charge in [-0.25, -0.2) is 0 Å². The van der Waals surface area contributed by atoms with Crippen molar-refractivity contribution < 1.29 is 14.3 Å². The van der Waals surface area contributed by atoms with Crippen molar-refractivity contribution in [1.29, 1.82) is 0 Å². The number of rotatable bonds is 6. The molecule has 116 valence electrons. The fourth-order valence-electron chi connectivity index (χ4n) is 1.73. The summed E-state index contributed by atoms with van der Waals surface area (Å²) in [4.78, 5) is 11.8. The average molecular weight is 385 g/mol. The lowest BCUT2D eigenvalue weighted by molar-refractivity contribution is -0.123. The molecule has 2 aromatic carbocycles. The molecule has 0 aliphatic rings. The van der Waals surface area contributed by atoms with Crippen molar-refractivity contribution >= 4 is 33.4 Å². The number of carbonyl (C=O) groups is 1. The van der Waals surface area contributed by atoms with Crippen LogP contribution in [0.2, 0.25) is 5.02 Å². The van der Waals surface area contributed by atoms with Crippen molar-refractivity contribution in [3.05, 3.63) is 57.5 Å². The molecule has 0 saturated heterocycles. The van der Waals surface area contributed by atoms with Crippen LogP contribution in [0.5, 0.6) is 11.5 Å². The van der Waals surface area contributed by atoms with Gasteiger partial charge in [0.25, 0.3) is 5.91 Å². The van der Waals surface area contributed by atoms with Gasteiger partial charge in [-0.2, -0.15) is 0 Å². The van der Waals surface area contributed by atoms with E-state index < -0.39 is 0 Å². The zero-order valence-electron chi connectivity index (χ0n) is 11.9. The third-order valence-electron chi connectivity index (χ3n) is 2.90. The Balaban J connectivity index is 1.80. The number of nitrogens with one attached hydrogen (secondary N) is 1. The average Bonchev–Trinajstić information content (AvgIpc) is 2.52. The van der Waals surface area contributed by atoms with Crippen LogP contribution < -0.4 is 14.8 Å². The largest absolute Gasteiger partial charge is 0.497 e. The van der Waals surface area contributed by atoms with Crippen LogP contribution in [0, 0.1) is 0 Å². The van der Waals surface area contributed by atoms with E-state index in [4.69, 9.17) is 21.1 Å². The Morgan fingerprint density at radius 3 is 2.59 bits per heavy atom. The molecule has 0 heterocycles. The van der Waals surface area contributed by atoms with Gasteiger partial charge in [0.1, 0.15) is 11.5 Å². The quantitative estimate of drug-likeness (QED) is 0.824. The second kappa shape index (κ2) is 8.06. The molecule has 0 saturated carbocycles. The maximum absolute atomic E-state index is 11.8. The van der Waals surface area contributed by atoms with Crippen molar-refractivity contribution in [2.24, 2.45) is 0 Å². The molecule has 1 amide bonds. The van der Waals surface area contributed by atoms with Gasteiger partial charge >= 0.3 is 0 Å². The third kappa shape index (κ3) is 4.93. The summed E-state index contributed by atoms with van der Waals surface area (Å²) in [6.07, 6.45) is 0. The molecule has 0 unspecified atom stereocenters. The highest BCUT2D eigenvalue weighted by molar-refractivity contribution is 9.10. The molecule has 0 bridgehead atoms. The number of carbonyl (C=O) groups excluding carboxylic acids is 1. The lowest BCUT2D eigenvalue weighted by Crippen LogP contribution is -2.28. The second-order valence-electron chi connectivity index (χ2n) is 4.49. The van der Waals surface area contributed by atoms with Gasteiger partial charge < -0.3 is 14.8 Å². The summed E-state index contributed by atoms with van der Waals surface area (Å²) in [6, 6.07) is 12.7. The number of hydrogen-bond donors (Lipinski definition) is 1. The first-order valence-electron chi connectivity index (χ1n) is 6.56. The van der Waals surface area contributed by atoms with Crippen molar-refractivity contribution in [3.8, 4) is 11.5 Å². The number of amides is 1. The SMILES string of the molecule is COc1ccc(CNC(=O)COc2ccc(Br)cc2Cl)cc1. The molecule has 0 aromatic heterocycles. The fourth-order valence-corrected chi connectivity index (χ4v) is 2.46. The zero-order valence-corrected chi connectivity index (χ0v) is 14.3. The number of hydrogen-bond acceptors (Lipinski definition) is 3. The number of ether oxygens (including phenoxy) is 2. The van der Waals surface area contributed by atoms with Gasteiger partial charge in [-0.05, 0) is 35.9 Å². The molecular formula is C16H15BrClNO3. The van der Waals surface area contributed by atoms with Crippen LogP contribution >= 0.6 is 27.5 Å². The fraction of sp³-hybridized carbons (Fsp3) is 0.188. The number of halogens is 2. The highest BCUT2D eigenvalue weighted by Gasteiger charge is 2.06. The van der Waals surface area contributed by atoms with E-state index >= 15 is 0 Å². The van der Waals surface area contributed by atoms with E-state index in [0.717, 1.165) is 15.8 Å². The Morgan fingerprint density at radius 2 is 1.95 bits per heavy atom.